The SMILES string of the molecule is CC(C)c1ccc(C(=O)N2CCC(NC(=O)c3cc(O)cc(O)c3)CC2)cc1. The van der Waals surface area contributed by atoms with Gasteiger partial charge in [-0.15, -0.1) is 0 Å². The summed E-state index contributed by atoms with van der Waals surface area (Å²) in [5.74, 6) is -0.224. The van der Waals surface area contributed by atoms with Crippen LogP contribution in [0.25, 0.3) is 0 Å². The van der Waals surface area contributed by atoms with Crippen LogP contribution in [0, 0.1) is 0 Å². The van der Waals surface area contributed by atoms with Gasteiger partial charge in [0.15, 0.2) is 0 Å². The molecular weight excluding hydrogens is 356 g/mol. The van der Waals surface area contributed by atoms with E-state index in [0.29, 0.717) is 37.4 Å². The smallest absolute Gasteiger partial charge is 0.253 e. The molecule has 0 saturated carbocycles. The largest absolute Gasteiger partial charge is 0.508 e. The van der Waals surface area contributed by atoms with Gasteiger partial charge in [-0.3, -0.25) is 9.59 Å². The van der Waals surface area contributed by atoms with Gasteiger partial charge in [-0.05, 0) is 48.6 Å². The van der Waals surface area contributed by atoms with Gasteiger partial charge in [0.1, 0.15) is 11.5 Å². The summed E-state index contributed by atoms with van der Waals surface area (Å²) in [4.78, 5) is 26.8. The quantitative estimate of drug-likeness (QED) is 0.757. The standard InChI is InChI=1S/C22H26N2O4/c1-14(2)15-3-5-16(6-4-15)22(28)24-9-7-18(8-10-24)23-21(27)17-11-19(25)13-20(26)12-17/h3-6,11-14,18,25-26H,7-10H2,1-2H3,(H,23,27). The third-order valence-electron chi connectivity index (χ3n) is 5.11. The number of carbonyl (C=O) groups excluding carboxylic acids is 2. The molecule has 0 unspecified atom stereocenters. The fourth-order valence-electron chi connectivity index (χ4n) is 3.42. The normalized spacial score (nSPS) is 14.9. The van der Waals surface area contributed by atoms with Gasteiger partial charge in [-0.1, -0.05) is 26.0 Å². The van der Waals surface area contributed by atoms with Crippen LogP contribution in [0.5, 0.6) is 11.5 Å². The minimum Gasteiger partial charge on any atom is -0.508 e. The van der Waals surface area contributed by atoms with Crippen molar-refractivity contribution in [2.75, 3.05) is 13.1 Å². The van der Waals surface area contributed by atoms with E-state index in [1.165, 1.54) is 23.8 Å². The summed E-state index contributed by atoms with van der Waals surface area (Å²) in [5, 5.41) is 21.9. The molecular formula is C22H26N2O4. The zero-order valence-corrected chi connectivity index (χ0v) is 16.2. The number of hydrogen-bond acceptors (Lipinski definition) is 4. The van der Waals surface area contributed by atoms with E-state index in [1.807, 2.05) is 29.2 Å². The minimum atomic E-state index is -0.347. The molecule has 1 saturated heterocycles. The van der Waals surface area contributed by atoms with Crippen molar-refractivity contribution in [3.8, 4) is 11.5 Å². The number of phenolic OH excluding ortho intramolecular Hbond substituents is 2. The number of hydrogen-bond donors (Lipinski definition) is 3. The van der Waals surface area contributed by atoms with Crippen molar-refractivity contribution in [3.05, 3.63) is 59.2 Å². The lowest BCUT2D eigenvalue weighted by Crippen LogP contribution is -2.46. The number of carbonyl (C=O) groups is 2. The van der Waals surface area contributed by atoms with Crippen LogP contribution in [0.4, 0.5) is 0 Å². The molecule has 2 aromatic carbocycles. The van der Waals surface area contributed by atoms with E-state index in [1.54, 1.807) is 0 Å². The average molecular weight is 382 g/mol. The number of benzene rings is 2. The van der Waals surface area contributed by atoms with Crippen LogP contribution in [0.2, 0.25) is 0 Å². The molecule has 0 radical (unpaired) electrons. The zero-order valence-electron chi connectivity index (χ0n) is 16.2. The predicted molar refractivity (Wildman–Crippen MR) is 107 cm³/mol. The second kappa shape index (κ2) is 8.33. The molecule has 1 heterocycles. The molecule has 1 aliphatic rings. The Balaban J connectivity index is 1.55. The number of rotatable bonds is 4. The summed E-state index contributed by atoms with van der Waals surface area (Å²) in [5.41, 5.74) is 2.10. The van der Waals surface area contributed by atoms with Crippen LogP contribution in [-0.2, 0) is 0 Å². The van der Waals surface area contributed by atoms with Gasteiger partial charge in [-0.2, -0.15) is 0 Å². The first-order valence-electron chi connectivity index (χ1n) is 9.56. The predicted octanol–water partition coefficient (Wildman–Crippen LogP) is 3.26. The number of likely N-dealkylation sites (tertiary alicyclic amines) is 1. The van der Waals surface area contributed by atoms with Gasteiger partial charge in [0.2, 0.25) is 0 Å². The topological polar surface area (TPSA) is 89.9 Å². The van der Waals surface area contributed by atoms with E-state index in [4.69, 9.17) is 0 Å². The van der Waals surface area contributed by atoms with E-state index >= 15 is 0 Å². The molecule has 0 bridgehead atoms. The van der Waals surface area contributed by atoms with Gasteiger partial charge >= 0.3 is 0 Å². The molecule has 2 aromatic rings. The van der Waals surface area contributed by atoms with Crippen molar-refractivity contribution in [2.24, 2.45) is 0 Å². The summed E-state index contributed by atoms with van der Waals surface area (Å²) in [6.45, 7) is 5.38. The first-order chi connectivity index (χ1) is 13.3. The molecule has 148 valence electrons. The highest BCUT2D eigenvalue weighted by Crippen LogP contribution is 2.21. The van der Waals surface area contributed by atoms with Crippen molar-refractivity contribution in [2.45, 2.75) is 38.6 Å². The molecule has 2 amide bonds. The Labute approximate surface area is 164 Å². The fourth-order valence-corrected chi connectivity index (χ4v) is 3.42. The minimum absolute atomic E-state index is 0.0120. The summed E-state index contributed by atoms with van der Waals surface area (Å²) in [6.07, 6.45) is 1.32. The molecule has 3 rings (SSSR count). The first kappa shape index (κ1) is 19.7. The van der Waals surface area contributed by atoms with Crippen LogP contribution < -0.4 is 5.32 Å². The lowest BCUT2D eigenvalue weighted by molar-refractivity contribution is 0.0698. The Bertz CT molecular complexity index is 833. The summed E-state index contributed by atoms with van der Waals surface area (Å²) in [7, 11) is 0. The van der Waals surface area contributed by atoms with Crippen LogP contribution in [0.1, 0.15) is 58.9 Å². The molecule has 6 heteroatoms. The van der Waals surface area contributed by atoms with Crippen LogP contribution in [0.15, 0.2) is 42.5 Å². The van der Waals surface area contributed by atoms with Crippen molar-refractivity contribution in [3.63, 3.8) is 0 Å². The molecule has 1 aliphatic heterocycles. The summed E-state index contributed by atoms with van der Waals surface area (Å²) in [6, 6.07) is 11.5. The summed E-state index contributed by atoms with van der Waals surface area (Å²) < 4.78 is 0. The second-order valence-electron chi connectivity index (χ2n) is 7.55. The number of piperidine rings is 1. The maximum Gasteiger partial charge on any atom is 0.253 e. The lowest BCUT2D eigenvalue weighted by Gasteiger charge is -2.32. The van der Waals surface area contributed by atoms with Gasteiger partial charge in [0.25, 0.3) is 11.8 Å². The summed E-state index contributed by atoms with van der Waals surface area (Å²) >= 11 is 0. The van der Waals surface area contributed by atoms with Crippen LogP contribution >= 0.6 is 0 Å². The van der Waals surface area contributed by atoms with Gasteiger partial charge in [0.05, 0.1) is 0 Å². The maximum atomic E-state index is 12.7. The highest BCUT2D eigenvalue weighted by Gasteiger charge is 2.25. The first-order valence-corrected chi connectivity index (χ1v) is 9.56. The number of nitrogens with one attached hydrogen (secondary N) is 1. The highest BCUT2D eigenvalue weighted by molar-refractivity contribution is 5.95. The van der Waals surface area contributed by atoms with Crippen molar-refractivity contribution in [1.29, 1.82) is 0 Å². The average Bonchev–Trinajstić information content (AvgIpc) is 2.67. The molecule has 0 spiro atoms. The number of nitrogens with zero attached hydrogens (tertiary/aromatic N) is 1. The Morgan fingerprint density at radius 2 is 1.54 bits per heavy atom. The molecule has 0 atom stereocenters. The second-order valence-corrected chi connectivity index (χ2v) is 7.55. The van der Waals surface area contributed by atoms with Crippen LogP contribution in [-0.4, -0.2) is 46.1 Å². The number of amides is 2. The van der Waals surface area contributed by atoms with Crippen molar-refractivity contribution in [1.82, 2.24) is 10.2 Å². The van der Waals surface area contributed by atoms with Gasteiger partial charge in [0, 0.05) is 36.3 Å². The van der Waals surface area contributed by atoms with Gasteiger partial charge in [-0.25, -0.2) is 0 Å². The molecule has 6 nitrogen and oxygen atoms in total. The monoisotopic (exact) mass is 382 g/mol. The third kappa shape index (κ3) is 4.63. The Morgan fingerprint density at radius 3 is 2.07 bits per heavy atom. The molecule has 3 N–H and O–H groups in total. The molecule has 1 fully saturated rings. The van der Waals surface area contributed by atoms with E-state index in [0.717, 1.165) is 0 Å². The van der Waals surface area contributed by atoms with Gasteiger partial charge < -0.3 is 20.4 Å². The lowest BCUT2D eigenvalue weighted by atomic mass is 10.00. The molecule has 28 heavy (non-hydrogen) atoms. The molecule has 0 aliphatic carbocycles. The Hall–Kier alpha value is -3.02. The van der Waals surface area contributed by atoms with E-state index in [2.05, 4.69) is 19.2 Å². The van der Waals surface area contributed by atoms with E-state index in [9.17, 15) is 19.8 Å². The Morgan fingerprint density at radius 1 is 0.964 bits per heavy atom. The maximum absolute atomic E-state index is 12.7. The fraction of sp³-hybridized carbons (Fsp3) is 0.364. The number of phenols is 2. The number of aromatic hydroxyl groups is 2. The zero-order chi connectivity index (χ0) is 20.3. The van der Waals surface area contributed by atoms with Crippen molar-refractivity contribution < 1.29 is 19.8 Å². The Kier molecular flexibility index (Phi) is 5.87. The third-order valence-corrected chi connectivity index (χ3v) is 5.11. The van der Waals surface area contributed by atoms with Crippen molar-refractivity contribution >= 4 is 11.8 Å². The van der Waals surface area contributed by atoms with E-state index < -0.39 is 0 Å². The molecule has 0 aromatic heterocycles. The highest BCUT2D eigenvalue weighted by atomic mass is 16.3. The van der Waals surface area contributed by atoms with Crippen LogP contribution in [0.3, 0.4) is 0 Å². The van der Waals surface area contributed by atoms with E-state index in [-0.39, 0.29) is 34.9 Å².